The molecule has 1 heterocycles. The molecular weight excluding hydrogens is 193 g/mol. The van der Waals surface area contributed by atoms with Gasteiger partial charge in [-0.1, -0.05) is 6.07 Å². The normalized spacial score (nSPS) is 17.1. The highest BCUT2D eigenvalue weighted by Gasteiger charge is 2.31. The number of nitrogens with two attached hydrogens (primary N) is 1. The maximum Gasteiger partial charge on any atom is 0.416 e. The molecule has 1 aliphatic rings. The van der Waals surface area contributed by atoms with Crippen LogP contribution >= 0.6 is 0 Å². The first-order valence-corrected chi connectivity index (χ1v) is 4.15. The Morgan fingerprint density at radius 1 is 1.14 bits per heavy atom. The van der Waals surface area contributed by atoms with Gasteiger partial charge in [-0.3, -0.25) is 5.84 Å². The molecule has 2 rings (SSSR count). The number of halogens is 3. The summed E-state index contributed by atoms with van der Waals surface area (Å²) in [5, 5.41) is 1.49. The minimum Gasteiger partial charge on any atom is -0.268 e. The van der Waals surface area contributed by atoms with Crippen LogP contribution in [0, 0.1) is 0 Å². The van der Waals surface area contributed by atoms with Crippen molar-refractivity contribution < 1.29 is 13.2 Å². The number of alkyl halides is 3. The lowest BCUT2D eigenvalue weighted by atomic mass is 10.1. The molecule has 0 aromatic heterocycles. The minimum absolute atomic E-state index is 0.388. The molecule has 2 nitrogen and oxygen atoms in total. The number of hydrazine groups is 1. The molecule has 0 fully saturated rings. The van der Waals surface area contributed by atoms with Crippen LogP contribution in [0.15, 0.2) is 18.2 Å². The zero-order chi connectivity index (χ0) is 10.3. The van der Waals surface area contributed by atoms with E-state index in [0.717, 1.165) is 11.6 Å². The summed E-state index contributed by atoms with van der Waals surface area (Å²) in [5.41, 5.74) is 0.939. The largest absolute Gasteiger partial charge is 0.416 e. The molecule has 0 saturated carbocycles. The summed E-state index contributed by atoms with van der Waals surface area (Å²) >= 11 is 0. The van der Waals surface area contributed by atoms with Crippen LogP contribution in [0.4, 0.5) is 13.2 Å². The van der Waals surface area contributed by atoms with Crippen molar-refractivity contribution in [2.45, 2.75) is 19.3 Å². The average molecular weight is 202 g/mol. The van der Waals surface area contributed by atoms with Crippen LogP contribution < -0.4 is 5.84 Å². The molecular formula is C9H9F3N2. The fraction of sp³-hybridized carbons (Fsp3) is 0.333. The molecule has 0 saturated heterocycles. The number of hydrogen-bond acceptors (Lipinski definition) is 2. The molecule has 1 aromatic carbocycles. The van der Waals surface area contributed by atoms with Gasteiger partial charge < -0.3 is 0 Å². The van der Waals surface area contributed by atoms with Crippen molar-refractivity contribution in [2.75, 3.05) is 0 Å². The van der Waals surface area contributed by atoms with Crippen molar-refractivity contribution in [2.24, 2.45) is 5.84 Å². The van der Waals surface area contributed by atoms with E-state index in [4.69, 9.17) is 5.84 Å². The third kappa shape index (κ3) is 1.60. The lowest BCUT2D eigenvalue weighted by Gasteiger charge is -2.07. The second-order valence-corrected chi connectivity index (χ2v) is 3.39. The standard InChI is InChI=1S/C9H9F3N2/c10-9(11,12)8-2-1-6-4-14(13)5-7(6)3-8/h1-3H,4-5,13H2. The Bertz CT molecular complexity index is 360. The van der Waals surface area contributed by atoms with E-state index in [1.54, 1.807) is 0 Å². The number of hydrogen-bond donors (Lipinski definition) is 1. The monoisotopic (exact) mass is 202 g/mol. The van der Waals surface area contributed by atoms with Crippen LogP contribution in [0.3, 0.4) is 0 Å². The number of fused-ring (bicyclic) bond motifs is 1. The van der Waals surface area contributed by atoms with E-state index >= 15 is 0 Å². The topological polar surface area (TPSA) is 29.3 Å². The highest BCUT2D eigenvalue weighted by Crippen LogP contribution is 2.32. The molecule has 0 unspecified atom stereocenters. The summed E-state index contributed by atoms with van der Waals surface area (Å²) in [6, 6.07) is 3.76. The Labute approximate surface area is 79.1 Å². The predicted octanol–water partition coefficient (Wildman–Crippen LogP) is 1.89. The summed E-state index contributed by atoms with van der Waals surface area (Å²) in [5.74, 6) is 5.50. The van der Waals surface area contributed by atoms with E-state index in [-0.39, 0.29) is 0 Å². The summed E-state index contributed by atoms with van der Waals surface area (Å²) in [7, 11) is 0. The van der Waals surface area contributed by atoms with Gasteiger partial charge in [0.15, 0.2) is 0 Å². The fourth-order valence-electron chi connectivity index (χ4n) is 1.60. The van der Waals surface area contributed by atoms with Gasteiger partial charge in [0, 0.05) is 13.1 Å². The van der Waals surface area contributed by atoms with Crippen LogP contribution in [-0.2, 0) is 19.3 Å². The molecule has 0 amide bonds. The molecule has 1 aromatic rings. The fourth-order valence-corrected chi connectivity index (χ4v) is 1.60. The zero-order valence-corrected chi connectivity index (χ0v) is 7.30. The summed E-state index contributed by atoms with van der Waals surface area (Å²) in [4.78, 5) is 0. The van der Waals surface area contributed by atoms with Gasteiger partial charge in [0.05, 0.1) is 5.56 Å². The third-order valence-electron chi connectivity index (χ3n) is 2.28. The predicted molar refractivity (Wildman–Crippen MR) is 44.9 cm³/mol. The molecule has 76 valence electrons. The van der Waals surface area contributed by atoms with E-state index in [1.807, 2.05) is 0 Å². The van der Waals surface area contributed by atoms with Crippen LogP contribution in [0.2, 0.25) is 0 Å². The van der Waals surface area contributed by atoms with Crippen LogP contribution in [-0.4, -0.2) is 5.01 Å². The van der Waals surface area contributed by atoms with Gasteiger partial charge in [-0.15, -0.1) is 0 Å². The highest BCUT2D eigenvalue weighted by atomic mass is 19.4. The Morgan fingerprint density at radius 2 is 1.79 bits per heavy atom. The third-order valence-corrected chi connectivity index (χ3v) is 2.28. The number of rotatable bonds is 0. The molecule has 0 aliphatic carbocycles. The van der Waals surface area contributed by atoms with Crippen molar-refractivity contribution in [3.8, 4) is 0 Å². The molecule has 0 spiro atoms. The first-order valence-electron chi connectivity index (χ1n) is 4.15. The lowest BCUT2D eigenvalue weighted by Crippen LogP contribution is -2.23. The van der Waals surface area contributed by atoms with Crippen LogP contribution in [0.25, 0.3) is 0 Å². The Kier molecular flexibility index (Phi) is 2.01. The molecule has 1 aliphatic heterocycles. The summed E-state index contributed by atoms with van der Waals surface area (Å²) in [6.45, 7) is 0.909. The van der Waals surface area contributed by atoms with Gasteiger partial charge in [0.1, 0.15) is 0 Å². The van der Waals surface area contributed by atoms with Gasteiger partial charge in [-0.25, -0.2) is 5.01 Å². The molecule has 0 bridgehead atoms. The zero-order valence-electron chi connectivity index (χ0n) is 7.30. The van der Waals surface area contributed by atoms with E-state index in [1.165, 1.54) is 17.1 Å². The number of nitrogens with zero attached hydrogens (tertiary/aromatic N) is 1. The van der Waals surface area contributed by atoms with Gasteiger partial charge in [0.2, 0.25) is 0 Å². The summed E-state index contributed by atoms with van der Waals surface area (Å²) < 4.78 is 36.9. The second kappa shape index (κ2) is 2.96. The minimum atomic E-state index is -4.27. The Morgan fingerprint density at radius 3 is 2.43 bits per heavy atom. The maximum absolute atomic E-state index is 12.3. The first-order chi connectivity index (χ1) is 6.47. The molecule has 5 heteroatoms. The smallest absolute Gasteiger partial charge is 0.268 e. The molecule has 14 heavy (non-hydrogen) atoms. The Balaban J connectivity index is 2.38. The molecule has 2 N–H and O–H groups in total. The van der Waals surface area contributed by atoms with Crippen molar-refractivity contribution in [1.82, 2.24) is 5.01 Å². The van der Waals surface area contributed by atoms with Crippen molar-refractivity contribution in [1.29, 1.82) is 0 Å². The molecule has 0 atom stereocenters. The van der Waals surface area contributed by atoms with Crippen molar-refractivity contribution in [3.63, 3.8) is 0 Å². The average Bonchev–Trinajstić information content (AvgIpc) is 2.41. The first kappa shape index (κ1) is 9.48. The lowest BCUT2D eigenvalue weighted by molar-refractivity contribution is -0.137. The van der Waals surface area contributed by atoms with Gasteiger partial charge in [-0.2, -0.15) is 13.2 Å². The van der Waals surface area contributed by atoms with Crippen LogP contribution in [0.5, 0.6) is 0 Å². The van der Waals surface area contributed by atoms with E-state index in [0.29, 0.717) is 18.7 Å². The number of benzene rings is 1. The molecule has 0 radical (unpaired) electrons. The van der Waals surface area contributed by atoms with Crippen LogP contribution in [0.1, 0.15) is 16.7 Å². The SMILES string of the molecule is NN1Cc2ccc(C(F)(F)F)cc2C1. The quantitative estimate of drug-likeness (QED) is 0.651. The van der Waals surface area contributed by atoms with Gasteiger partial charge in [0.25, 0.3) is 0 Å². The van der Waals surface area contributed by atoms with E-state index in [2.05, 4.69) is 0 Å². The second-order valence-electron chi connectivity index (χ2n) is 3.39. The van der Waals surface area contributed by atoms with Gasteiger partial charge in [-0.05, 0) is 23.3 Å². The Hall–Kier alpha value is -1.07. The van der Waals surface area contributed by atoms with E-state index < -0.39 is 11.7 Å². The van der Waals surface area contributed by atoms with E-state index in [9.17, 15) is 13.2 Å². The summed E-state index contributed by atoms with van der Waals surface area (Å²) in [6.07, 6.45) is -4.27. The van der Waals surface area contributed by atoms with Crippen molar-refractivity contribution >= 4 is 0 Å². The highest BCUT2D eigenvalue weighted by molar-refractivity contribution is 5.35. The van der Waals surface area contributed by atoms with Gasteiger partial charge >= 0.3 is 6.18 Å². The van der Waals surface area contributed by atoms with Crippen molar-refractivity contribution in [3.05, 3.63) is 34.9 Å². The maximum atomic E-state index is 12.3.